The lowest BCUT2D eigenvalue weighted by atomic mass is 10.1. The van der Waals surface area contributed by atoms with E-state index in [4.69, 9.17) is 10.5 Å². The Morgan fingerprint density at radius 3 is 2.91 bits per heavy atom. The van der Waals surface area contributed by atoms with Crippen molar-refractivity contribution in [1.29, 1.82) is 0 Å². The molecule has 1 aliphatic heterocycles. The van der Waals surface area contributed by atoms with Gasteiger partial charge in [0, 0.05) is 6.61 Å². The standard InChI is InChI=1S/C8H16N2O/c1-6(10-7(2)9)8-4-3-5-11-8/h6,8H,3-5H2,1-2H3,(H2,9,10). The van der Waals surface area contributed by atoms with Crippen LogP contribution in [0.3, 0.4) is 0 Å². The van der Waals surface area contributed by atoms with Gasteiger partial charge in [-0.15, -0.1) is 0 Å². The van der Waals surface area contributed by atoms with Crippen LogP contribution in [0.15, 0.2) is 4.99 Å². The summed E-state index contributed by atoms with van der Waals surface area (Å²) in [6.07, 6.45) is 2.58. The number of rotatable bonds is 2. The van der Waals surface area contributed by atoms with Crippen molar-refractivity contribution in [2.24, 2.45) is 10.7 Å². The highest BCUT2D eigenvalue weighted by molar-refractivity contribution is 5.77. The Kier molecular flexibility index (Phi) is 2.88. The molecule has 1 saturated heterocycles. The number of aliphatic imine (C=N–C) groups is 1. The number of ether oxygens (including phenoxy) is 1. The lowest BCUT2D eigenvalue weighted by Gasteiger charge is -2.13. The van der Waals surface area contributed by atoms with Gasteiger partial charge in [-0.05, 0) is 26.7 Å². The third-order valence-electron chi connectivity index (χ3n) is 1.91. The van der Waals surface area contributed by atoms with E-state index >= 15 is 0 Å². The van der Waals surface area contributed by atoms with Gasteiger partial charge in [-0.25, -0.2) is 0 Å². The third kappa shape index (κ3) is 2.50. The van der Waals surface area contributed by atoms with Crippen LogP contribution in [-0.4, -0.2) is 24.6 Å². The van der Waals surface area contributed by atoms with E-state index in [2.05, 4.69) is 4.99 Å². The first-order valence-corrected chi connectivity index (χ1v) is 4.11. The van der Waals surface area contributed by atoms with Crippen molar-refractivity contribution in [2.45, 2.75) is 38.8 Å². The molecule has 2 unspecified atom stereocenters. The maximum absolute atomic E-state index is 5.46. The van der Waals surface area contributed by atoms with Crippen LogP contribution >= 0.6 is 0 Å². The molecule has 0 spiro atoms. The zero-order valence-electron chi connectivity index (χ0n) is 7.21. The molecule has 3 heteroatoms. The van der Waals surface area contributed by atoms with Gasteiger partial charge >= 0.3 is 0 Å². The van der Waals surface area contributed by atoms with Crippen molar-refractivity contribution >= 4 is 5.84 Å². The molecule has 64 valence electrons. The van der Waals surface area contributed by atoms with Gasteiger partial charge in [0.1, 0.15) is 0 Å². The molecule has 2 atom stereocenters. The number of amidine groups is 1. The molecule has 0 aromatic carbocycles. The number of nitrogens with zero attached hydrogens (tertiary/aromatic N) is 1. The summed E-state index contributed by atoms with van der Waals surface area (Å²) in [5, 5.41) is 0. The quantitative estimate of drug-likeness (QED) is 0.477. The second-order valence-electron chi connectivity index (χ2n) is 3.06. The number of hydrogen-bond donors (Lipinski definition) is 1. The topological polar surface area (TPSA) is 47.6 Å². The van der Waals surface area contributed by atoms with Crippen LogP contribution < -0.4 is 5.73 Å². The van der Waals surface area contributed by atoms with E-state index in [0.29, 0.717) is 11.9 Å². The number of hydrogen-bond acceptors (Lipinski definition) is 2. The van der Waals surface area contributed by atoms with Crippen molar-refractivity contribution in [2.75, 3.05) is 6.61 Å². The monoisotopic (exact) mass is 156 g/mol. The Balaban J connectivity index is 2.40. The van der Waals surface area contributed by atoms with Crippen LogP contribution in [0.5, 0.6) is 0 Å². The van der Waals surface area contributed by atoms with Gasteiger partial charge in [0.2, 0.25) is 0 Å². The zero-order chi connectivity index (χ0) is 8.27. The van der Waals surface area contributed by atoms with Crippen LogP contribution in [-0.2, 0) is 4.74 Å². The van der Waals surface area contributed by atoms with Crippen molar-refractivity contribution in [3.05, 3.63) is 0 Å². The van der Waals surface area contributed by atoms with Crippen molar-refractivity contribution in [1.82, 2.24) is 0 Å². The summed E-state index contributed by atoms with van der Waals surface area (Å²) in [6, 6.07) is 0.225. The minimum Gasteiger partial charge on any atom is -0.388 e. The Morgan fingerprint density at radius 1 is 1.73 bits per heavy atom. The van der Waals surface area contributed by atoms with Crippen LogP contribution in [0.1, 0.15) is 26.7 Å². The molecule has 0 saturated carbocycles. The first-order valence-electron chi connectivity index (χ1n) is 4.11. The first kappa shape index (κ1) is 8.53. The largest absolute Gasteiger partial charge is 0.388 e. The maximum Gasteiger partial charge on any atom is 0.0910 e. The second-order valence-corrected chi connectivity index (χ2v) is 3.06. The Hall–Kier alpha value is -0.570. The average Bonchev–Trinajstić information content (AvgIpc) is 2.35. The molecule has 0 aromatic rings. The van der Waals surface area contributed by atoms with Crippen molar-refractivity contribution in [3.63, 3.8) is 0 Å². The van der Waals surface area contributed by atoms with Crippen molar-refractivity contribution in [3.8, 4) is 0 Å². The summed E-state index contributed by atoms with van der Waals surface area (Å²) < 4.78 is 5.45. The molecule has 0 amide bonds. The molecule has 1 rings (SSSR count). The summed E-state index contributed by atoms with van der Waals surface area (Å²) in [5.74, 6) is 0.646. The SMILES string of the molecule is CC(N)=NC(C)C1CCCO1. The van der Waals surface area contributed by atoms with Gasteiger partial charge in [-0.1, -0.05) is 0 Å². The lowest BCUT2D eigenvalue weighted by Crippen LogP contribution is -2.23. The molecule has 0 radical (unpaired) electrons. The van der Waals surface area contributed by atoms with E-state index in [9.17, 15) is 0 Å². The van der Waals surface area contributed by atoms with Gasteiger partial charge in [-0.3, -0.25) is 4.99 Å². The molecular formula is C8H16N2O. The highest BCUT2D eigenvalue weighted by Crippen LogP contribution is 2.17. The summed E-state index contributed by atoms with van der Waals surface area (Å²) >= 11 is 0. The smallest absolute Gasteiger partial charge is 0.0910 e. The molecule has 1 aliphatic rings. The lowest BCUT2D eigenvalue weighted by molar-refractivity contribution is 0.0953. The second kappa shape index (κ2) is 3.72. The number of nitrogens with two attached hydrogens (primary N) is 1. The van der Waals surface area contributed by atoms with Crippen LogP contribution in [0.25, 0.3) is 0 Å². The Morgan fingerprint density at radius 2 is 2.45 bits per heavy atom. The van der Waals surface area contributed by atoms with Gasteiger partial charge in [0.25, 0.3) is 0 Å². The minimum atomic E-state index is 0.225. The van der Waals surface area contributed by atoms with E-state index in [-0.39, 0.29) is 6.04 Å². The normalized spacial score (nSPS) is 28.9. The Labute approximate surface area is 67.6 Å². The molecule has 0 aromatic heterocycles. The van der Waals surface area contributed by atoms with E-state index in [1.54, 1.807) is 0 Å². The predicted molar refractivity (Wildman–Crippen MR) is 45.7 cm³/mol. The van der Waals surface area contributed by atoms with E-state index in [0.717, 1.165) is 19.4 Å². The van der Waals surface area contributed by atoms with E-state index in [1.165, 1.54) is 0 Å². The van der Waals surface area contributed by atoms with Crippen molar-refractivity contribution < 1.29 is 4.74 Å². The average molecular weight is 156 g/mol. The third-order valence-corrected chi connectivity index (χ3v) is 1.91. The minimum absolute atomic E-state index is 0.225. The van der Waals surface area contributed by atoms with Gasteiger partial charge in [0.15, 0.2) is 0 Å². The van der Waals surface area contributed by atoms with Gasteiger partial charge < -0.3 is 10.5 Å². The zero-order valence-corrected chi connectivity index (χ0v) is 7.21. The summed E-state index contributed by atoms with van der Waals surface area (Å²) in [5.41, 5.74) is 5.46. The molecule has 1 heterocycles. The summed E-state index contributed by atoms with van der Waals surface area (Å²) in [4.78, 5) is 4.23. The van der Waals surface area contributed by atoms with Crippen LogP contribution in [0, 0.1) is 0 Å². The first-order chi connectivity index (χ1) is 5.20. The molecule has 0 aliphatic carbocycles. The molecule has 1 fully saturated rings. The molecule has 3 nitrogen and oxygen atoms in total. The molecule has 0 bridgehead atoms. The van der Waals surface area contributed by atoms with E-state index < -0.39 is 0 Å². The van der Waals surface area contributed by atoms with Gasteiger partial charge in [-0.2, -0.15) is 0 Å². The van der Waals surface area contributed by atoms with Gasteiger partial charge in [0.05, 0.1) is 18.0 Å². The molecule has 2 N–H and O–H groups in total. The van der Waals surface area contributed by atoms with Crippen LogP contribution in [0.2, 0.25) is 0 Å². The molecule has 11 heavy (non-hydrogen) atoms. The molecular weight excluding hydrogens is 140 g/mol. The fraction of sp³-hybridized carbons (Fsp3) is 0.875. The van der Waals surface area contributed by atoms with E-state index in [1.807, 2.05) is 13.8 Å². The highest BCUT2D eigenvalue weighted by Gasteiger charge is 2.21. The Bertz CT molecular complexity index is 146. The highest BCUT2D eigenvalue weighted by atomic mass is 16.5. The van der Waals surface area contributed by atoms with Crippen LogP contribution in [0.4, 0.5) is 0 Å². The summed E-state index contributed by atoms with van der Waals surface area (Å²) in [6.45, 7) is 4.74. The summed E-state index contributed by atoms with van der Waals surface area (Å²) in [7, 11) is 0. The predicted octanol–water partition coefficient (Wildman–Crippen LogP) is 0.931. The fourth-order valence-electron chi connectivity index (χ4n) is 1.39. The fourth-order valence-corrected chi connectivity index (χ4v) is 1.39. The maximum atomic E-state index is 5.46.